The number of fused-ring (bicyclic) bond motifs is 1. The summed E-state index contributed by atoms with van der Waals surface area (Å²) in [7, 11) is 3.85. The van der Waals surface area contributed by atoms with E-state index in [1.165, 1.54) is 11.1 Å². The Hall–Kier alpha value is -1.42. The molecule has 110 valence electrons. The van der Waals surface area contributed by atoms with Crippen LogP contribution in [0.25, 0.3) is 0 Å². The average molecular weight is 275 g/mol. The molecular formula is C16H25N3O. The predicted octanol–water partition coefficient (Wildman–Crippen LogP) is 1.83. The van der Waals surface area contributed by atoms with Crippen LogP contribution in [-0.2, 0) is 23.2 Å². The van der Waals surface area contributed by atoms with Crippen molar-refractivity contribution < 1.29 is 4.79 Å². The van der Waals surface area contributed by atoms with Crippen LogP contribution in [-0.4, -0.2) is 47.9 Å². The maximum Gasteiger partial charge on any atom is 0.237 e. The summed E-state index contributed by atoms with van der Waals surface area (Å²) in [6.07, 6.45) is 2.84. The first kappa shape index (κ1) is 15.0. The van der Waals surface area contributed by atoms with Crippen molar-refractivity contribution in [1.82, 2.24) is 14.8 Å². The van der Waals surface area contributed by atoms with E-state index < -0.39 is 0 Å². The molecule has 1 amide bonds. The highest BCUT2D eigenvalue weighted by Crippen LogP contribution is 2.26. The number of carbonyl (C=O) groups excluding carboxylic acids is 1. The van der Waals surface area contributed by atoms with Gasteiger partial charge in [0.1, 0.15) is 0 Å². The van der Waals surface area contributed by atoms with Crippen LogP contribution in [0.5, 0.6) is 0 Å². The largest absolute Gasteiger partial charge is 0.337 e. The maximum atomic E-state index is 12.2. The number of hydrogen-bond acceptors (Lipinski definition) is 3. The Morgan fingerprint density at radius 1 is 1.40 bits per heavy atom. The van der Waals surface area contributed by atoms with Crippen molar-refractivity contribution in [2.75, 3.05) is 27.2 Å². The van der Waals surface area contributed by atoms with Crippen molar-refractivity contribution in [2.24, 2.45) is 0 Å². The van der Waals surface area contributed by atoms with E-state index in [1.54, 1.807) is 0 Å². The number of rotatable bonds is 2. The molecule has 2 rings (SSSR count). The third-order valence-electron chi connectivity index (χ3n) is 3.71. The Kier molecular flexibility index (Phi) is 4.14. The fourth-order valence-corrected chi connectivity index (χ4v) is 2.42. The smallest absolute Gasteiger partial charge is 0.237 e. The van der Waals surface area contributed by atoms with E-state index in [1.807, 2.05) is 30.1 Å². The lowest BCUT2D eigenvalue weighted by Gasteiger charge is -2.30. The lowest BCUT2D eigenvalue weighted by Crippen LogP contribution is -2.41. The fraction of sp³-hybridized carbons (Fsp3) is 0.625. The minimum atomic E-state index is 0.0952. The molecule has 0 fully saturated rings. The molecule has 0 aromatic carbocycles. The summed E-state index contributed by atoms with van der Waals surface area (Å²) in [6, 6.07) is 2.22. The number of nitrogens with zero attached hydrogens (tertiary/aromatic N) is 3. The summed E-state index contributed by atoms with van der Waals surface area (Å²) in [5.74, 6) is 0.196. The van der Waals surface area contributed by atoms with Gasteiger partial charge in [-0.3, -0.25) is 9.78 Å². The Morgan fingerprint density at radius 3 is 2.70 bits per heavy atom. The monoisotopic (exact) mass is 275 g/mol. The molecule has 0 saturated heterocycles. The number of pyridine rings is 1. The zero-order valence-electron chi connectivity index (χ0n) is 13.2. The van der Waals surface area contributed by atoms with Gasteiger partial charge in [-0.15, -0.1) is 0 Å². The maximum absolute atomic E-state index is 12.2. The normalized spacial score (nSPS) is 15.4. The summed E-state index contributed by atoms with van der Waals surface area (Å²) in [5.41, 5.74) is 3.68. The van der Waals surface area contributed by atoms with Crippen LogP contribution in [0.3, 0.4) is 0 Å². The summed E-state index contributed by atoms with van der Waals surface area (Å²) in [4.78, 5) is 20.6. The Labute approximate surface area is 121 Å². The lowest BCUT2D eigenvalue weighted by molar-refractivity contribution is -0.132. The molecule has 1 aromatic rings. The van der Waals surface area contributed by atoms with E-state index in [2.05, 4.69) is 31.8 Å². The van der Waals surface area contributed by atoms with Gasteiger partial charge in [0, 0.05) is 31.4 Å². The van der Waals surface area contributed by atoms with Gasteiger partial charge in [0.15, 0.2) is 0 Å². The second kappa shape index (κ2) is 5.52. The van der Waals surface area contributed by atoms with Gasteiger partial charge < -0.3 is 9.80 Å². The predicted molar refractivity (Wildman–Crippen MR) is 80.6 cm³/mol. The van der Waals surface area contributed by atoms with Gasteiger partial charge in [-0.1, -0.05) is 26.8 Å². The quantitative estimate of drug-likeness (QED) is 0.826. The minimum Gasteiger partial charge on any atom is -0.337 e. The molecule has 0 unspecified atom stereocenters. The molecule has 0 radical (unpaired) electrons. The molecule has 4 heteroatoms. The highest BCUT2D eigenvalue weighted by atomic mass is 16.2. The van der Waals surface area contributed by atoms with Crippen molar-refractivity contribution in [2.45, 2.75) is 39.2 Å². The highest BCUT2D eigenvalue weighted by Gasteiger charge is 2.23. The van der Waals surface area contributed by atoms with Crippen LogP contribution in [0.2, 0.25) is 0 Å². The van der Waals surface area contributed by atoms with Crippen LogP contribution in [0.15, 0.2) is 12.3 Å². The molecule has 0 atom stereocenters. The number of amides is 1. The first-order valence-corrected chi connectivity index (χ1v) is 7.18. The average Bonchev–Trinajstić information content (AvgIpc) is 2.35. The van der Waals surface area contributed by atoms with Gasteiger partial charge in [-0.25, -0.2) is 0 Å². The standard InChI is InChI=1S/C16H25N3O/c1-16(2,3)13-8-12-10-19(15(20)11-18(4)5)7-6-14(12)17-9-13/h8-9H,6-7,10-11H2,1-5H3. The van der Waals surface area contributed by atoms with Gasteiger partial charge in [0.25, 0.3) is 0 Å². The molecule has 2 heterocycles. The Balaban J connectivity index is 2.18. The number of hydrogen-bond donors (Lipinski definition) is 0. The molecule has 1 aliphatic heterocycles. The molecule has 0 spiro atoms. The highest BCUT2D eigenvalue weighted by molar-refractivity contribution is 5.78. The third-order valence-corrected chi connectivity index (χ3v) is 3.71. The number of likely N-dealkylation sites (N-methyl/N-ethyl adjacent to an activating group) is 1. The molecule has 0 saturated carbocycles. The molecule has 1 aliphatic rings. The summed E-state index contributed by atoms with van der Waals surface area (Å²) in [6.45, 7) is 8.51. The van der Waals surface area contributed by atoms with Crippen molar-refractivity contribution in [1.29, 1.82) is 0 Å². The fourth-order valence-electron chi connectivity index (χ4n) is 2.42. The zero-order valence-corrected chi connectivity index (χ0v) is 13.2. The zero-order chi connectivity index (χ0) is 14.9. The second-order valence-electron chi connectivity index (χ2n) is 6.88. The van der Waals surface area contributed by atoms with Crippen molar-refractivity contribution in [3.8, 4) is 0 Å². The Bertz CT molecular complexity index is 503. The van der Waals surface area contributed by atoms with Gasteiger partial charge in [-0.2, -0.15) is 0 Å². The van der Waals surface area contributed by atoms with Crippen molar-refractivity contribution in [3.05, 3.63) is 29.1 Å². The van der Waals surface area contributed by atoms with E-state index in [9.17, 15) is 4.79 Å². The topological polar surface area (TPSA) is 36.4 Å². The minimum absolute atomic E-state index is 0.0952. The molecule has 20 heavy (non-hydrogen) atoms. The van der Waals surface area contributed by atoms with E-state index in [0.29, 0.717) is 13.1 Å². The lowest BCUT2D eigenvalue weighted by atomic mass is 9.86. The van der Waals surface area contributed by atoms with Crippen LogP contribution in [0.4, 0.5) is 0 Å². The molecular weight excluding hydrogens is 250 g/mol. The van der Waals surface area contributed by atoms with Crippen molar-refractivity contribution >= 4 is 5.91 Å². The summed E-state index contributed by atoms with van der Waals surface area (Å²) < 4.78 is 0. The van der Waals surface area contributed by atoms with Gasteiger partial charge >= 0.3 is 0 Å². The number of carbonyl (C=O) groups is 1. The van der Waals surface area contributed by atoms with Crippen LogP contribution in [0, 0.1) is 0 Å². The van der Waals surface area contributed by atoms with Gasteiger partial charge in [-0.05, 0) is 30.6 Å². The SMILES string of the molecule is CN(C)CC(=O)N1CCc2ncc(C(C)(C)C)cc2C1. The van der Waals surface area contributed by atoms with E-state index >= 15 is 0 Å². The van der Waals surface area contributed by atoms with Crippen LogP contribution < -0.4 is 0 Å². The third kappa shape index (κ3) is 3.37. The molecule has 4 nitrogen and oxygen atoms in total. The summed E-state index contributed by atoms with van der Waals surface area (Å²) in [5, 5.41) is 0. The van der Waals surface area contributed by atoms with Crippen molar-refractivity contribution in [3.63, 3.8) is 0 Å². The first-order chi connectivity index (χ1) is 9.27. The van der Waals surface area contributed by atoms with E-state index in [4.69, 9.17) is 0 Å². The van der Waals surface area contributed by atoms with Gasteiger partial charge in [0.2, 0.25) is 5.91 Å². The second-order valence-corrected chi connectivity index (χ2v) is 6.88. The van der Waals surface area contributed by atoms with Gasteiger partial charge in [0.05, 0.1) is 6.54 Å². The molecule has 1 aromatic heterocycles. The molecule has 0 aliphatic carbocycles. The first-order valence-electron chi connectivity index (χ1n) is 7.18. The number of aromatic nitrogens is 1. The van der Waals surface area contributed by atoms with E-state index in [0.717, 1.165) is 18.7 Å². The summed E-state index contributed by atoms with van der Waals surface area (Å²) >= 11 is 0. The molecule has 0 N–H and O–H groups in total. The molecule has 0 bridgehead atoms. The van der Waals surface area contributed by atoms with Crippen LogP contribution >= 0.6 is 0 Å². The van der Waals surface area contributed by atoms with E-state index in [-0.39, 0.29) is 11.3 Å². The Morgan fingerprint density at radius 2 is 2.10 bits per heavy atom. The van der Waals surface area contributed by atoms with Crippen LogP contribution in [0.1, 0.15) is 37.6 Å².